The fraction of sp³-hybridized carbons (Fsp3) is 1.00. The standard InChI is InChI=1S/C11H28FNOSi2/c1-10(2,3)16(12,11(4,5)6)13-14-15(7,8)9/h13H,1-9H3. The largest absolute Gasteiger partial charge is 0.351 e. The van der Waals surface area contributed by atoms with Gasteiger partial charge in [0.25, 0.3) is 0 Å². The van der Waals surface area contributed by atoms with Crippen LogP contribution >= 0.6 is 0 Å². The van der Waals surface area contributed by atoms with E-state index in [1.165, 1.54) is 0 Å². The minimum atomic E-state index is -3.20. The van der Waals surface area contributed by atoms with Gasteiger partial charge in [-0.15, -0.1) is 0 Å². The average Bonchev–Trinajstić information content (AvgIpc) is 1.93. The van der Waals surface area contributed by atoms with Crippen molar-refractivity contribution >= 4 is 16.9 Å². The molecule has 0 fully saturated rings. The summed E-state index contributed by atoms with van der Waals surface area (Å²) in [4.78, 5) is 0. The zero-order chi connectivity index (χ0) is 13.4. The van der Waals surface area contributed by atoms with Crippen LogP contribution in [0.5, 0.6) is 0 Å². The van der Waals surface area contributed by atoms with Gasteiger partial charge in [-0.1, -0.05) is 41.5 Å². The van der Waals surface area contributed by atoms with Crippen molar-refractivity contribution in [1.82, 2.24) is 5.15 Å². The Morgan fingerprint density at radius 2 is 1.19 bits per heavy atom. The molecule has 0 aliphatic carbocycles. The molecular formula is C11H28FNOSi2. The van der Waals surface area contributed by atoms with Crippen LogP contribution in [0.4, 0.5) is 4.11 Å². The highest BCUT2D eigenvalue weighted by Gasteiger charge is 2.57. The van der Waals surface area contributed by atoms with Crippen LogP contribution in [-0.4, -0.2) is 16.9 Å². The molecule has 0 aliphatic rings. The Bertz CT molecular complexity index is 224. The van der Waals surface area contributed by atoms with Crippen LogP contribution in [0.25, 0.3) is 0 Å². The van der Waals surface area contributed by atoms with E-state index >= 15 is 4.11 Å². The molecule has 0 amide bonds. The topological polar surface area (TPSA) is 21.3 Å². The van der Waals surface area contributed by atoms with Crippen LogP contribution in [0.2, 0.25) is 29.7 Å². The van der Waals surface area contributed by atoms with Gasteiger partial charge in [-0.3, -0.25) is 4.11 Å². The van der Waals surface area contributed by atoms with Crippen LogP contribution in [0.3, 0.4) is 0 Å². The number of hydrogen-bond acceptors (Lipinski definition) is 2. The number of nitrogens with one attached hydrogen (secondary N) is 1. The van der Waals surface area contributed by atoms with E-state index in [-0.39, 0.29) is 10.1 Å². The minimum absolute atomic E-state index is 0.384. The van der Waals surface area contributed by atoms with Crippen LogP contribution in [0.1, 0.15) is 41.5 Å². The van der Waals surface area contributed by atoms with Gasteiger partial charge in [0.05, 0.1) is 0 Å². The first kappa shape index (κ1) is 16.3. The molecule has 0 saturated carbocycles. The molecule has 0 saturated heterocycles. The van der Waals surface area contributed by atoms with Gasteiger partial charge < -0.3 is 4.53 Å². The van der Waals surface area contributed by atoms with Crippen LogP contribution in [0.15, 0.2) is 0 Å². The van der Waals surface area contributed by atoms with Crippen molar-refractivity contribution in [2.75, 3.05) is 0 Å². The van der Waals surface area contributed by atoms with E-state index in [2.05, 4.69) is 24.8 Å². The fourth-order valence-corrected chi connectivity index (χ4v) is 6.30. The van der Waals surface area contributed by atoms with Crippen LogP contribution in [0, 0.1) is 0 Å². The summed E-state index contributed by atoms with van der Waals surface area (Å²) in [5.41, 5.74) is 0. The molecule has 0 aromatic carbocycles. The second-order valence-corrected chi connectivity index (χ2v) is 16.4. The molecule has 16 heavy (non-hydrogen) atoms. The normalized spacial score (nSPS) is 15.4. The van der Waals surface area contributed by atoms with E-state index in [0.29, 0.717) is 0 Å². The van der Waals surface area contributed by atoms with E-state index in [4.69, 9.17) is 4.53 Å². The first-order valence-corrected chi connectivity index (χ1v) is 11.1. The molecule has 98 valence electrons. The van der Waals surface area contributed by atoms with Crippen molar-refractivity contribution in [3.05, 3.63) is 0 Å². The van der Waals surface area contributed by atoms with Crippen molar-refractivity contribution in [2.45, 2.75) is 71.3 Å². The maximum absolute atomic E-state index is 15.3. The smallest absolute Gasteiger partial charge is 0.350 e. The van der Waals surface area contributed by atoms with Gasteiger partial charge in [-0.25, -0.2) is 5.15 Å². The molecule has 0 bridgehead atoms. The third kappa shape index (κ3) is 3.94. The molecule has 0 rings (SSSR count). The number of rotatable bonds is 3. The molecule has 0 radical (unpaired) electrons. The van der Waals surface area contributed by atoms with Gasteiger partial charge in [0.2, 0.25) is 8.32 Å². The highest BCUT2D eigenvalue weighted by Crippen LogP contribution is 2.50. The summed E-state index contributed by atoms with van der Waals surface area (Å²) in [7, 11) is -4.94. The van der Waals surface area contributed by atoms with E-state index < -0.39 is 16.9 Å². The summed E-state index contributed by atoms with van der Waals surface area (Å²) in [5, 5.41) is 2.08. The van der Waals surface area contributed by atoms with E-state index in [1.54, 1.807) is 0 Å². The monoisotopic (exact) mass is 265 g/mol. The summed E-state index contributed by atoms with van der Waals surface area (Å²) >= 11 is 0. The third-order valence-corrected chi connectivity index (χ3v) is 8.00. The van der Waals surface area contributed by atoms with E-state index in [9.17, 15) is 0 Å². The maximum Gasteiger partial charge on any atom is 0.351 e. The Morgan fingerprint density at radius 3 is 1.38 bits per heavy atom. The van der Waals surface area contributed by atoms with E-state index in [1.807, 2.05) is 41.5 Å². The van der Waals surface area contributed by atoms with Gasteiger partial charge in [-0.2, -0.15) is 0 Å². The lowest BCUT2D eigenvalue weighted by molar-refractivity contribution is 0.221. The first-order chi connectivity index (χ1) is 6.71. The van der Waals surface area contributed by atoms with Gasteiger partial charge in [0.1, 0.15) is 0 Å². The average molecular weight is 266 g/mol. The Labute approximate surface area is 102 Å². The summed E-state index contributed by atoms with van der Waals surface area (Å²) in [5.74, 6) is 0. The maximum atomic E-state index is 15.3. The van der Waals surface area contributed by atoms with Crippen molar-refractivity contribution in [3.63, 3.8) is 0 Å². The molecule has 0 aromatic rings. The van der Waals surface area contributed by atoms with Crippen molar-refractivity contribution < 1.29 is 8.63 Å². The minimum Gasteiger partial charge on any atom is -0.350 e. The zero-order valence-electron chi connectivity index (χ0n) is 12.3. The molecule has 2 nitrogen and oxygen atoms in total. The molecule has 0 aliphatic heterocycles. The Balaban J connectivity index is 5.00. The number of hydrogen-bond donors (Lipinski definition) is 1. The molecule has 0 atom stereocenters. The summed E-state index contributed by atoms with van der Waals surface area (Å²) < 4.78 is 20.9. The second-order valence-electron chi connectivity index (χ2n) is 7.47. The number of halogens is 1. The lowest BCUT2D eigenvalue weighted by Crippen LogP contribution is -2.61. The van der Waals surface area contributed by atoms with E-state index in [0.717, 1.165) is 0 Å². The van der Waals surface area contributed by atoms with Gasteiger partial charge in [0.15, 0.2) is 0 Å². The second kappa shape index (κ2) is 4.51. The molecule has 0 spiro atoms. The van der Waals surface area contributed by atoms with Gasteiger partial charge >= 0.3 is 8.57 Å². The lowest BCUT2D eigenvalue weighted by atomic mass is 10.2. The zero-order valence-corrected chi connectivity index (χ0v) is 14.3. The highest BCUT2D eigenvalue weighted by molar-refractivity contribution is 6.77. The lowest BCUT2D eigenvalue weighted by Gasteiger charge is -2.45. The van der Waals surface area contributed by atoms with Gasteiger partial charge in [-0.05, 0) is 19.6 Å². The molecule has 0 unspecified atom stereocenters. The molecule has 0 aromatic heterocycles. The Kier molecular flexibility index (Phi) is 4.59. The molecule has 1 N–H and O–H groups in total. The summed E-state index contributed by atoms with van der Waals surface area (Å²) in [6.07, 6.45) is 0. The Morgan fingerprint density at radius 1 is 0.875 bits per heavy atom. The summed E-state index contributed by atoms with van der Waals surface area (Å²) in [6, 6.07) is 0. The molecular weight excluding hydrogens is 237 g/mol. The SMILES string of the molecule is CC(C)(C)[Si](F)(NO[Si](C)(C)C)C(C)(C)C. The highest BCUT2D eigenvalue weighted by atomic mass is 28.4. The van der Waals surface area contributed by atoms with Crippen molar-refractivity contribution in [1.29, 1.82) is 0 Å². The molecule has 0 heterocycles. The first-order valence-electron chi connectivity index (χ1n) is 5.85. The van der Waals surface area contributed by atoms with Crippen molar-refractivity contribution in [2.24, 2.45) is 0 Å². The Hall–Kier alpha value is 0.284. The van der Waals surface area contributed by atoms with Crippen LogP contribution < -0.4 is 5.15 Å². The van der Waals surface area contributed by atoms with Gasteiger partial charge in [0, 0.05) is 10.1 Å². The summed E-state index contributed by atoms with van der Waals surface area (Å²) in [6.45, 7) is 17.9. The van der Waals surface area contributed by atoms with Crippen molar-refractivity contribution in [3.8, 4) is 0 Å². The fourth-order valence-electron chi connectivity index (χ4n) is 1.65. The molecule has 5 heteroatoms. The predicted octanol–water partition coefficient (Wildman–Crippen LogP) is 4.35. The predicted molar refractivity (Wildman–Crippen MR) is 73.9 cm³/mol. The quantitative estimate of drug-likeness (QED) is 0.465. The van der Waals surface area contributed by atoms with Crippen LogP contribution in [-0.2, 0) is 4.53 Å². The third-order valence-electron chi connectivity index (χ3n) is 2.56.